The number of hydrogen-bond acceptors (Lipinski definition) is 2. The van der Waals surface area contributed by atoms with Crippen molar-refractivity contribution in [2.45, 2.75) is 0 Å². The number of azide groups is 1. The average Bonchev–Trinajstić information content (AvgIpc) is 3.18. The van der Waals surface area contributed by atoms with Crippen molar-refractivity contribution in [2.75, 3.05) is 12.5 Å². The first kappa shape index (κ1) is 44.9. The molecule has 0 heterocycles. The van der Waals surface area contributed by atoms with Crippen molar-refractivity contribution in [2.24, 2.45) is 5.11 Å². The van der Waals surface area contributed by atoms with Crippen molar-refractivity contribution < 1.29 is 92.0 Å². The summed E-state index contributed by atoms with van der Waals surface area (Å²) in [7, 11) is 0. The highest BCUT2D eigenvalue weighted by Gasteiger charge is 2.52. The molecule has 0 fully saturated rings. The van der Waals surface area contributed by atoms with Gasteiger partial charge in [0.1, 0.15) is 65.2 Å². The molecule has 58 heavy (non-hydrogen) atoms. The van der Waals surface area contributed by atoms with Gasteiger partial charge in [0.2, 0.25) is 0 Å². The van der Waals surface area contributed by atoms with Gasteiger partial charge in [0, 0.05) is 10.6 Å². The molecule has 0 unspecified atom stereocenters. The maximum Gasteiger partial charge on any atom is 0.200 e. The van der Waals surface area contributed by atoms with Gasteiger partial charge in [0.15, 0.2) is 86.7 Å². The van der Waals surface area contributed by atoms with Crippen molar-refractivity contribution >= 4 is 44.9 Å². The van der Waals surface area contributed by atoms with Crippen molar-refractivity contribution in [3.63, 3.8) is 0 Å². The highest BCUT2D eigenvalue weighted by molar-refractivity contribution is 7.91. The summed E-state index contributed by atoms with van der Waals surface area (Å²) in [5.41, 5.74) is -5.54. The van der Waals surface area contributed by atoms with E-state index in [1.54, 1.807) is 18.2 Å². The Morgan fingerprint density at radius 1 is 0.431 bits per heavy atom. The fraction of sp³-hybridized carbons (Fsp3) is 0.0625. The first-order chi connectivity index (χ1) is 26.9. The van der Waals surface area contributed by atoms with Crippen LogP contribution in [0, 0.1) is 116 Å². The Labute approximate surface area is 311 Å². The van der Waals surface area contributed by atoms with Crippen LogP contribution >= 0.6 is 0 Å². The molecule has 0 aliphatic heterocycles. The van der Waals surface area contributed by atoms with Gasteiger partial charge in [0.05, 0.1) is 0 Å². The molecular weight excluding hydrogens is 865 g/mol. The third kappa shape index (κ3) is 7.07. The molecule has 0 atom stereocenters. The van der Waals surface area contributed by atoms with Crippen LogP contribution in [0.25, 0.3) is 10.4 Å². The van der Waals surface area contributed by atoms with E-state index in [9.17, 15) is 52.7 Å². The Morgan fingerprint density at radius 2 is 0.672 bits per heavy atom. The van der Waals surface area contributed by atoms with E-state index in [4.69, 9.17) is 9.71 Å². The molecule has 0 amide bonds. The predicted molar refractivity (Wildman–Crippen MR) is 164 cm³/mol. The fourth-order valence-electron chi connectivity index (χ4n) is 5.72. The Hall–Kier alpha value is -5.78. The Balaban J connectivity index is 0.000000486. The highest BCUT2D eigenvalue weighted by atomic mass is 32.2. The number of nitrogens with zero attached hydrogens (tertiary/aromatic N) is 3. The zero-order chi connectivity index (χ0) is 44.0. The van der Waals surface area contributed by atoms with Crippen molar-refractivity contribution in [1.82, 2.24) is 0 Å². The molecule has 5 aromatic rings. The van der Waals surface area contributed by atoms with Crippen LogP contribution in [-0.2, 0) is 11.2 Å². The quantitative estimate of drug-likeness (QED) is 0.0236. The van der Waals surface area contributed by atoms with Gasteiger partial charge in [0.25, 0.3) is 0 Å². The first-order valence-electron chi connectivity index (χ1n) is 14.6. The summed E-state index contributed by atoms with van der Waals surface area (Å²) in [6.07, 6.45) is -3.27. The maximum absolute atomic E-state index is 15.4. The molecule has 0 radical (unpaired) electrons. The highest BCUT2D eigenvalue weighted by Crippen LogP contribution is 2.31. The van der Waals surface area contributed by atoms with E-state index in [-0.39, 0.29) is 11.2 Å². The zero-order valence-corrected chi connectivity index (χ0v) is 28.4. The molecule has 5 aromatic carbocycles. The van der Waals surface area contributed by atoms with Crippen LogP contribution in [0.5, 0.6) is 5.75 Å². The molecule has 0 aromatic heterocycles. The predicted octanol–water partition coefficient (Wildman–Crippen LogP) is 8.65. The number of halogens is 20. The topological polar surface area (TPSA) is 58.0 Å². The zero-order valence-electron chi connectivity index (χ0n) is 27.6. The van der Waals surface area contributed by atoms with E-state index in [0.717, 1.165) is 5.75 Å². The second-order valence-electron chi connectivity index (χ2n) is 11.3. The van der Waals surface area contributed by atoms with Crippen LogP contribution in [0.15, 0.2) is 29.4 Å². The lowest BCUT2D eigenvalue weighted by molar-refractivity contribution is 0.378. The second kappa shape index (κ2) is 16.6. The molecule has 0 spiro atoms. The summed E-state index contributed by atoms with van der Waals surface area (Å²) >= 11 is -0.114. The monoisotopic (exact) mass is 875 g/mol. The van der Waals surface area contributed by atoms with Crippen LogP contribution < -0.4 is 26.0 Å². The summed E-state index contributed by atoms with van der Waals surface area (Å²) in [6, 6.07) is 7.08. The van der Waals surface area contributed by atoms with E-state index in [1.807, 2.05) is 18.6 Å². The van der Waals surface area contributed by atoms with Crippen LogP contribution in [0.3, 0.4) is 0 Å². The fourth-order valence-corrected chi connectivity index (χ4v) is 6.20. The third-order valence-corrected chi connectivity index (χ3v) is 8.47. The van der Waals surface area contributed by atoms with Crippen LogP contribution in [-0.4, -0.2) is 18.7 Å². The Bertz CT molecular complexity index is 2170. The summed E-state index contributed by atoms with van der Waals surface area (Å²) in [6.45, 7) is 0. The van der Waals surface area contributed by atoms with Crippen LogP contribution in [0.4, 0.5) is 93.5 Å². The summed E-state index contributed by atoms with van der Waals surface area (Å²) in [5, 5.41) is 3.48. The van der Waals surface area contributed by atoms with Crippen LogP contribution in [0.2, 0.25) is 0 Å². The van der Waals surface area contributed by atoms with E-state index >= 15 is 35.1 Å². The first-order valence-corrected chi connectivity index (χ1v) is 16.5. The van der Waals surface area contributed by atoms with Gasteiger partial charge in [-0.3, -0.25) is 4.18 Å². The van der Waals surface area contributed by atoms with Crippen molar-refractivity contribution in [3.05, 3.63) is 151 Å². The smallest absolute Gasteiger partial charge is 0.200 e. The van der Waals surface area contributed by atoms with E-state index in [2.05, 4.69) is 10.0 Å². The van der Waals surface area contributed by atoms with Gasteiger partial charge >= 0.3 is 0 Å². The minimum atomic E-state index is -7.22. The SMILES string of the molecule is C[S+](C)Oc1cccc(N=[N+]=[N-])c1.Fc1c(F)c(F)c([B-](c2c(F)c(F)c(F)c(F)c2F)(c2c(F)c(F)c(F)c(F)c2F)c2c(F)c(F)c(F)c(F)c2F)c(F)c1F. The Kier molecular flexibility index (Phi) is 12.9. The lowest BCUT2D eigenvalue weighted by Crippen LogP contribution is -2.81. The number of benzene rings is 5. The normalized spacial score (nSPS) is 11.4. The molecule has 5 rings (SSSR count). The molecule has 0 bridgehead atoms. The van der Waals surface area contributed by atoms with E-state index in [0.29, 0.717) is 5.69 Å². The molecule has 308 valence electrons. The van der Waals surface area contributed by atoms with E-state index in [1.165, 1.54) is 0 Å². The molecule has 0 aliphatic rings. The molecule has 0 N–H and O–H groups in total. The van der Waals surface area contributed by atoms with Crippen LogP contribution in [0.1, 0.15) is 0 Å². The van der Waals surface area contributed by atoms with Gasteiger partial charge < -0.3 is 0 Å². The lowest BCUT2D eigenvalue weighted by Gasteiger charge is -2.44. The molecule has 0 saturated carbocycles. The summed E-state index contributed by atoms with van der Waals surface area (Å²) in [4.78, 5) is 2.70. The lowest BCUT2D eigenvalue weighted by atomic mass is 9.12. The summed E-state index contributed by atoms with van der Waals surface area (Å²) < 4.78 is 299. The minimum Gasteiger partial charge on any atom is -0.287 e. The van der Waals surface area contributed by atoms with Gasteiger partial charge in [-0.05, 0) is 17.7 Å². The van der Waals surface area contributed by atoms with Crippen molar-refractivity contribution in [3.8, 4) is 5.75 Å². The van der Waals surface area contributed by atoms with Gasteiger partial charge in [-0.1, -0.05) is 17.2 Å². The van der Waals surface area contributed by atoms with Gasteiger partial charge in [-0.25, -0.2) is 87.8 Å². The van der Waals surface area contributed by atoms with E-state index < -0.39 is 144 Å². The molecule has 26 heteroatoms. The van der Waals surface area contributed by atoms with Crippen molar-refractivity contribution in [1.29, 1.82) is 0 Å². The third-order valence-electron chi connectivity index (χ3n) is 7.95. The maximum atomic E-state index is 15.4. The molecule has 4 nitrogen and oxygen atoms in total. The largest absolute Gasteiger partial charge is 0.287 e. The molecule has 0 saturated heterocycles. The standard InChI is InChI=1S/C24BF20.C8H10N3OS/c26-5-1(6(27)14(35)21(42)13(5)34)25(2-7(28)15(36)22(43)16(37)8(2)29,3-9(30)17(38)23(44)18(39)10(3)31)4-11(32)19(40)24(45)20(41)12(4)33;1-13(2)12-8-5-3-4-7(6-8)10-11-9/h;3-6H,1-2H3/q-1;+1. The Morgan fingerprint density at radius 3 is 0.897 bits per heavy atom. The molecular formula is C32H10BF20N3OS. The minimum absolute atomic E-state index is 0.114. The number of hydrogen-bond donors (Lipinski definition) is 0. The van der Waals surface area contributed by atoms with Gasteiger partial charge in [-0.2, -0.15) is 0 Å². The second-order valence-corrected chi connectivity index (χ2v) is 13.0. The number of rotatable bonds is 7. The summed E-state index contributed by atoms with van der Waals surface area (Å²) in [5.74, 6) is -70.7. The molecule has 0 aliphatic carbocycles. The van der Waals surface area contributed by atoms with Gasteiger partial charge in [-0.15, -0.1) is 21.9 Å². The average molecular weight is 875 g/mol.